The van der Waals surface area contributed by atoms with Gasteiger partial charge in [0.15, 0.2) is 0 Å². The summed E-state index contributed by atoms with van der Waals surface area (Å²) in [4.78, 5) is 64.8. The molecule has 9 N–H and O–H groups in total. The lowest BCUT2D eigenvalue weighted by atomic mass is 10.0. The van der Waals surface area contributed by atoms with Crippen molar-refractivity contribution in [1.82, 2.24) is 20.9 Å². The molecule has 41 heavy (non-hydrogen) atoms. The molecule has 4 atom stereocenters. The number of thiol groups is 1. The minimum absolute atomic E-state index is 0.0578. The number of amides is 3. The number of carboxylic acid groups (broad SMARTS) is 2. The lowest BCUT2D eigenvalue weighted by Crippen LogP contribution is -2.58. The molecule has 1 aromatic heterocycles. The molecule has 0 saturated carbocycles. The summed E-state index contributed by atoms with van der Waals surface area (Å²) < 4.78 is 0. The Bertz CT molecular complexity index is 1410. The second kappa shape index (κ2) is 14.2. The van der Waals surface area contributed by atoms with Crippen LogP contribution in [0.15, 0.2) is 54.7 Å². The van der Waals surface area contributed by atoms with Crippen LogP contribution in [-0.4, -0.2) is 79.9 Å². The average Bonchev–Trinajstić information content (AvgIpc) is 3.34. The third-order valence-corrected chi connectivity index (χ3v) is 6.63. The first-order valence-electron chi connectivity index (χ1n) is 12.5. The molecular formula is C27H31N5O8S. The van der Waals surface area contributed by atoms with E-state index in [1.165, 1.54) is 12.1 Å². The smallest absolute Gasteiger partial charge is 0.326 e. The lowest BCUT2D eigenvalue weighted by Gasteiger charge is -2.24. The topological polar surface area (TPSA) is 224 Å². The highest BCUT2D eigenvalue weighted by atomic mass is 32.1. The molecule has 3 aromatic rings. The van der Waals surface area contributed by atoms with Gasteiger partial charge in [-0.25, -0.2) is 4.79 Å². The van der Waals surface area contributed by atoms with Crippen LogP contribution < -0.4 is 21.7 Å². The Kier molecular flexibility index (Phi) is 10.7. The van der Waals surface area contributed by atoms with E-state index in [9.17, 15) is 34.2 Å². The molecule has 3 rings (SSSR count). The van der Waals surface area contributed by atoms with Gasteiger partial charge in [-0.3, -0.25) is 19.2 Å². The maximum atomic E-state index is 13.2. The zero-order valence-electron chi connectivity index (χ0n) is 21.7. The molecule has 218 valence electrons. The number of hydrogen-bond acceptors (Lipinski definition) is 8. The number of aliphatic carboxylic acids is 2. The number of nitrogens with two attached hydrogens (primary N) is 1. The summed E-state index contributed by atoms with van der Waals surface area (Å²) in [6, 6.07) is 8.02. The molecule has 0 fully saturated rings. The van der Waals surface area contributed by atoms with Gasteiger partial charge in [-0.15, -0.1) is 0 Å². The van der Waals surface area contributed by atoms with Crippen molar-refractivity contribution in [2.45, 2.75) is 43.4 Å². The Balaban J connectivity index is 1.76. The quantitative estimate of drug-likeness (QED) is 0.115. The van der Waals surface area contributed by atoms with Gasteiger partial charge < -0.3 is 42.0 Å². The van der Waals surface area contributed by atoms with E-state index in [1.54, 1.807) is 30.5 Å². The number of hydrogen-bond donors (Lipinski definition) is 9. The second-order valence-corrected chi connectivity index (χ2v) is 9.71. The SMILES string of the molecule is NC(Cc1ccc(O)cc1)C(=O)NC(CS)C(=O)NC(Cc1c[nH]c2ccccc12)C(=O)NC(CC(=O)O)C(=O)O. The van der Waals surface area contributed by atoms with E-state index >= 15 is 0 Å². The van der Waals surface area contributed by atoms with Crippen LogP contribution in [0.2, 0.25) is 0 Å². The van der Waals surface area contributed by atoms with Crippen LogP contribution in [0, 0.1) is 0 Å². The number of para-hydroxylation sites is 1. The Morgan fingerprint density at radius 1 is 0.829 bits per heavy atom. The van der Waals surface area contributed by atoms with Gasteiger partial charge in [0, 0.05) is 29.3 Å². The van der Waals surface area contributed by atoms with E-state index in [-0.39, 0.29) is 24.3 Å². The third-order valence-electron chi connectivity index (χ3n) is 6.27. The Labute approximate surface area is 239 Å². The highest BCUT2D eigenvalue weighted by molar-refractivity contribution is 7.80. The number of carbonyl (C=O) groups excluding carboxylic acids is 3. The normalized spacial score (nSPS) is 13.9. The van der Waals surface area contributed by atoms with Gasteiger partial charge in [0.2, 0.25) is 17.7 Å². The predicted molar refractivity (Wildman–Crippen MR) is 151 cm³/mol. The molecule has 0 bridgehead atoms. The summed E-state index contributed by atoms with van der Waals surface area (Å²) >= 11 is 4.15. The predicted octanol–water partition coefficient (Wildman–Crippen LogP) is -0.0705. The van der Waals surface area contributed by atoms with Crippen molar-refractivity contribution in [2.24, 2.45) is 5.73 Å². The highest BCUT2D eigenvalue weighted by Gasteiger charge is 2.31. The van der Waals surface area contributed by atoms with Crippen molar-refractivity contribution < 1.29 is 39.3 Å². The highest BCUT2D eigenvalue weighted by Crippen LogP contribution is 2.19. The van der Waals surface area contributed by atoms with Crippen LogP contribution in [0.4, 0.5) is 0 Å². The van der Waals surface area contributed by atoms with Crippen molar-refractivity contribution in [2.75, 3.05) is 5.75 Å². The number of fused-ring (bicyclic) bond motifs is 1. The summed E-state index contributed by atoms with van der Waals surface area (Å²) in [7, 11) is 0. The molecule has 4 unspecified atom stereocenters. The van der Waals surface area contributed by atoms with Crippen LogP contribution in [0.1, 0.15) is 17.5 Å². The van der Waals surface area contributed by atoms with Crippen molar-refractivity contribution in [3.63, 3.8) is 0 Å². The second-order valence-electron chi connectivity index (χ2n) is 9.34. The number of aromatic hydroxyl groups is 1. The number of rotatable bonds is 14. The number of carboxylic acids is 2. The maximum Gasteiger partial charge on any atom is 0.326 e. The first-order chi connectivity index (χ1) is 19.5. The van der Waals surface area contributed by atoms with Crippen molar-refractivity contribution in [3.8, 4) is 5.75 Å². The van der Waals surface area contributed by atoms with Gasteiger partial charge >= 0.3 is 11.9 Å². The van der Waals surface area contributed by atoms with Gasteiger partial charge in [-0.05, 0) is 35.7 Å². The first-order valence-corrected chi connectivity index (χ1v) is 13.2. The van der Waals surface area contributed by atoms with E-state index in [4.69, 9.17) is 10.8 Å². The van der Waals surface area contributed by atoms with Gasteiger partial charge in [0.1, 0.15) is 23.9 Å². The summed E-state index contributed by atoms with van der Waals surface area (Å²) in [6.45, 7) is 0. The maximum absolute atomic E-state index is 13.2. The fraction of sp³-hybridized carbons (Fsp3) is 0.296. The number of H-pyrrole nitrogens is 1. The summed E-state index contributed by atoms with van der Waals surface area (Å²) in [5, 5.41) is 35.8. The molecule has 14 heteroatoms. The van der Waals surface area contributed by atoms with Crippen LogP contribution in [0.3, 0.4) is 0 Å². The first kappa shape index (κ1) is 31.0. The fourth-order valence-electron chi connectivity index (χ4n) is 4.10. The monoisotopic (exact) mass is 585 g/mol. The Morgan fingerprint density at radius 3 is 2.07 bits per heavy atom. The number of benzene rings is 2. The van der Waals surface area contributed by atoms with Crippen LogP contribution >= 0.6 is 12.6 Å². The number of aromatic nitrogens is 1. The van der Waals surface area contributed by atoms with Gasteiger partial charge in [0.25, 0.3) is 0 Å². The molecule has 0 radical (unpaired) electrons. The van der Waals surface area contributed by atoms with Gasteiger partial charge in [-0.1, -0.05) is 30.3 Å². The standard InChI is InChI=1S/C27H31N5O8S/c28-18(9-14-5-7-16(33)8-6-14)24(36)32-22(13-41)26(38)30-20(25(37)31-21(27(39)40)11-23(34)35)10-15-12-29-19-4-2-1-3-17(15)19/h1-8,12,18,20-22,29,33,41H,9-11,13,28H2,(H,30,38)(H,31,37)(H,32,36)(H,34,35)(H,39,40). The number of carbonyl (C=O) groups is 5. The van der Waals surface area contributed by atoms with Crippen molar-refractivity contribution in [3.05, 3.63) is 65.9 Å². The molecule has 0 aliphatic rings. The minimum Gasteiger partial charge on any atom is -0.508 e. The van der Waals surface area contributed by atoms with E-state index < -0.39 is 60.2 Å². The third kappa shape index (κ3) is 8.71. The average molecular weight is 586 g/mol. The molecule has 0 aliphatic heterocycles. The summed E-state index contributed by atoms with van der Waals surface area (Å²) in [5.74, 6) is -5.44. The van der Waals surface area contributed by atoms with Crippen molar-refractivity contribution in [1.29, 1.82) is 0 Å². The molecular weight excluding hydrogens is 554 g/mol. The molecule has 0 aliphatic carbocycles. The van der Waals surface area contributed by atoms with Gasteiger partial charge in [-0.2, -0.15) is 12.6 Å². The van der Waals surface area contributed by atoms with Crippen LogP contribution in [0.25, 0.3) is 10.9 Å². The van der Waals surface area contributed by atoms with E-state index in [0.717, 1.165) is 10.9 Å². The summed E-state index contributed by atoms with van der Waals surface area (Å²) in [5.41, 5.74) is 8.09. The molecule has 3 amide bonds. The minimum atomic E-state index is -1.74. The zero-order valence-corrected chi connectivity index (χ0v) is 22.6. The summed E-state index contributed by atoms with van der Waals surface area (Å²) in [6.07, 6.45) is 0.819. The number of aromatic amines is 1. The molecule has 13 nitrogen and oxygen atoms in total. The Morgan fingerprint density at radius 2 is 1.44 bits per heavy atom. The Hall–Kier alpha value is -4.56. The number of phenolic OH excluding ortho intramolecular Hbond substituents is 1. The largest absolute Gasteiger partial charge is 0.508 e. The van der Waals surface area contributed by atoms with Crippen molar-refractivity contribution >= 4 is 53.2 Å². The van der Waals surface area contributed by atoms with E-state index in [0.29, 0.717) is 11.1 Å². The van der Waals surface area contributed by atoms with Crippen LogP contribution in [-0.2, 0) is 36.8 Å². The number of phenols is 1. The zero-order chi connectivity index (χ0) is 30.1. The van der Waals surface area contributed by atoms with E-state index in [2.05, 4.69) is 33.6 Å². The molecule has 2 aromatic carbocycles. The number of nitrogens with one attached hydrogen (secondary N) is 4. The molecule has 0 saturated heterocycles. The van der Waals surface area contributed by atoms with Gasteiger partial charge in [0.05, 0.1) is 12.5 Å². The molecule has 0 spiro atoms. The molecule has 1 heterocycles. The van der Waals surface area contributed by atoms with E-state index in [1.807, 2.05) is 12.1 Å². The lowest BCUT2D eigenvalue weighted by molar-refractivity contribution is -0.147. The van der Waals surface area contributed by atoms with Crippen LogP contribution in [0.5, 0.6) is 5.75 Å². The fourth-order valence-corrected chi connectivity index (χ4v) is 4.36.